The number of nitrogens with one attached hydrogen (secondary N) is 2. The summed E-state index contributed by atoms with van der Waals surface area (Å²) < 4.78 is 22.5. The van der Waals surface area contributed by atoms with Gasteiger partial charge in [-0.25, -0.2) is 14.8 Å². The molecule has 1 saturated heterocycles. The molecule has 3 heterocycles. The number of carbonyl (C=O) groups is 1. The van der Waals surface area contributed by atoms with Gasteiger partial charge in [0, 0.05) is 53.2 Å². The second-order valence-corrected chi connectivity index (χ2v) is 12.0. The van der Waals surface area contributed by atoms with Gasteiger partial charge in [0.15, 0.2) is 17.3 Å². The summed E-state index contributed by atoms with van der Waals surface area (Å²) in [6.07, 6.45) is 2.43. The van der Waals surface area contributed by atoms with Crippen molar-refractivity contribution in [1.29, 1.82) is 0 Å². The Hall–Kier alpha value is -3.87. The highest BCUT2D eigenvalue weighted by Gasteiger charge is 2.20. The average molecular weight is 593 g/mol. The van der Waals surface area contributed by atoms with Gasteiger partial charge in [-0.1, -0.05) is 43.8 Å². The lowest BCUT2D eigenvalue weighted by Crippen LogP contribution is -2.37. The first-order valence-corrected chi connectivity index (χ1v) is 14.7. The number of fused-ring (bicyclic) bond motifs is 1. The standard InChI is InChI=1S/C30H36N6O5S/c1-30(2,3)26-18-27(35-41-26)34-29(37)33-20-7-5-8-21(15-20)42-28-22-16-25(24(38-4)17-23(22)31-19-32-28)40-12-6-9-36-10-13-39-14-11-36/h5,7-8,15-19H,6,9-14H2,1-4H3,(H2,33,34,35,37). The number of methoxy groups -OCH3 is 1. The van der Waals surface area contributed by atoms with E-state index >= 15 is 0 Å². The zero-order valence-corrected chi connectivity index (χ0v) is 25.1. The van der Waals surface area contributed by atoms with E-state index in [1.54, 1.807) is 13.2 Å². The van der Waals surface area contributed by atoms with E-state index in [1.807, 2.05) is 57.2 Å². The van der Waals surface area contributed by atoms with Crippen LogP contribution in [0.5, 0.6) is 11.5 Å². The van der Waals surface area contributed by atoms with Gasteiger partial charge >= 0.3 is 6.03 Å². The summed E-state index contributed by atoms with van der Waals surface area (Å²) in [7, 11) is 1.62. The molecule has 1 fully saturated rings. The number of urea groups is 1. The molecule has 0 spiro atoms. The Bertz CT molecular complexity index is 1520. The largest absolute Gasteiger partial charge is 0.493 e. The fourth-order valence-electron chi connectivity index (χ4n) is 4.40. The topological polar surface area (TPSA) is 124 Å². The van der Waals surface area contributed by atoms with Crippen LogP contribution in [0.25, 0.3) is 10.9 Å². The van der Waals surface area contributed by atoms with Crippen molar-refractivity contribution in [3.05, 3.63) is 54.6 Å². The molecule has 222 valence electrons. The maximum absolute atomic E-state index is 12.6. The monoisotopic (exact) mass is 592 g/mol. The Morgan fingerprint density at radius 2 is 1.90 bits per heavy atom. The van der Waals surface area contributed by atoms with E-state index < -0.39 is 6.03 Å². The van der Waals surface area contributed by atoms with Crippen molar-refractivity contribution in [2.45, 2.75) is 42.5 Å². The molecule has 0 atom stereocenters. The number of amides is 2. The molecule has 0 bridgehead atoms. The van der Waals surface area contributed by atoms with Gasteiger partial charge in [-0.2, -0.15) is 0 Å². The lowest BCUT2D eigenvalue weighted by atomic mass is 9.93. The molecule has 0 aliphatic carbocycles. The van der Waals surface area contributed by atoms with Crippen LogP contribution in [0, 0.1) is 0 Å². The minimum Gasteiger partial charge on any atom is -0.493 e. The molecule has 2 N–H and O–H groups in total. The fourth-order valence-corrected chi connectivity index (χ4v) is 5.33. The summed E-state index contributed by atoms with van der Waals surface area (Å²) in [4.78, 5) is 24.9. The summed E-state index contributed by atoms with van der Waals surface area (Å²) in [6.45, 7) is 11.1. The molecule has 42 heavy (non-hydrogen) atoms. The third kappa shape index (κ3) is 7.69. The van der Waals surface area contributed by atoms with Crippen LogP contribution in [0.4, 0.5) is 16.3 Å². The van der Waals surface area contributed by atoms with Crippen LogP contribution < -0.4 is 20.1 Å². The van der Waals surface area contributed by atoms with Crippen LogP contribution in [0.15, 0.2) is 63.2 Å². The molecule has 12 heteroatoms. The molecule has 2 amide bonds. The molecule has 0 radical (unpaired) electrons. The third-order valence-corrected chi connectivity index (χ3v) is 7.67. The molecule has 2 aromatic carbocycles. The highest BCUT2D eigenvalue weighted by molar-refractivity contribution is 7.99. The molecule has 0 saturated carbocycles. The lowest BCUT2D eigenvalue weighted by molar-refractivity contribution is 0.0357. The van der Waals surface area contributed by atoms with Crippen molar-refractivity contribution in [1.82, 2.24) is 20.0 Å². The molecular weight excluding hydrogens is 556 g/mol. The molecule has 11 nitrogen and oxygen atoms in total. The second-order valence-electron chi connectivity index (χ2n) is 10.9. The normalized spacial score (nSPS) is 14.1. The number of nitrogens with zero attached hydrogens (tertiary/aromatic N) is 4. The van der Waals surface area contributed by atoms with Gasteiger partial charge in [-0.15, -0.1) is 0 Å². The Balaban J connectivity index is 1.25. The molecule has 4 aromatic rings. The first-order chi connectivity index (χ1) is 20.3. The Morgan fingerprint density at radius 3 is 2.67 bits per heavy atom. The van der Waals surface area contributed by atoms with Gasteiger partial charge in [0.1, 0.15) is 17.1 Å². The molecule has 2 aromatic heterocycles. The maximum atomic E-state index is 12.6. The van der Waals surface area contributed by atoms with E-state index in [-0.39, 0.29) is 5.41 Å². The van der Waals surface area contributed by atoms with Gasteiger partial charge in [0.05, 0.1) is 32.4 Å². The van der Waals surface area contributed by atoms with E-state index in [0.29, 0.717) is 35.4 Å². The summed E-state index contributed by atoms with van der Waals surface area (Å²) in [5.74, 6) is 2.32. The molecule has 1 aliphatic heterocycles. The van der Waals surface area contributed by atoms with E-state index in [1.165, 1.54) is 18.1 Å². The average Bonchev–Trinajstić information content (AvgIpc) is 3.45. The quantitative estimate of drug-likeness (QED) is 0.172. The molecular formula is C30H36N6O5S. The summed E-state index contributed by atoms with van der Waals surface area (Å²) in [5.41, 5.74) is 1.17. The van der Waals surface area contributed by atoms with Gasteiger partial charge < -0.3 is 24.1 Å². The predicted octanol–water partition coefficient (Wildman–Crippen LogP) is 5.82. The minimum absolute atomic E-state index is 0.207. The number of aromatic nitrogens is 3. The van der Waals surface area contributed by atoms with Crippen LogP contribution in [0.1, 0.15) is 33.0 Å². The fraction of sp³-hybridized carbons (Fsp3) is 0.400. The van der Waals surface area contributed by atoms with Crippen molar-refractivity contribution in [2.75, 3.05) is 57.2 Å². The van der Waals surface area contributed by atoms with Crippen molar-refractivity contribution < 1.29 is 23.5 Å². The van der Waals surface area contributed by atoms with Crippen LogP contribution in [-0.4, -0.2) is 72.6 Å². The van der Waals surface area contributed by atoms with Crippen LogP contribution in [-0.2, 0) is 10.2 Å². The van der Waals surface area contributed by atoms with Gasteiger partial charge in [0.25, 0.3) is 0 Å². The van der Waals surface area contributed by atoms with Crippen molar-refractivity contribution in [3.63, 3.8) is 0 Å². The summed E-state index contributed by atoms with van der Waals surface area (Å²) >= 11 is 1.47. The van der Waals surface area contributed by atoms with Gasteiger partial charge in [-0.3, -0.25) is 10.2 Å². The second kappa shape index (κ2) is 13.4. The summed E-state index contributed by atoms with van der Waals surface area (Å²) in [5, 5.41) is 11.1. The number of ether oxygens (including phenoxy) is 3. The highest BCUT2D eigenvalue weighted by Crippen LogP contribution is 2.38. The lowest BCUT2D eigenvalue weighted by Gasteiger charge is -2.26. The van der Waals surface area contributed by atoms with Crippen molar-refractivity contribution >= 4 is 40.2 Å². The SMILES string of the molecule is COc1cc2ncnc(Sc3cccc(NC(=O)Nc4cc(C(C)(C)C)on4)c3)c2cc1OCCCN1CCOCC1. The van der Waals surface area contributed by atoms with Crippen LogP contribution in [0.2, 0.25) is 0 Å². The molecule has 1 aliphatic rings. The molecule has 0 unspecified atom stereocenters. The zero-order chi connectivity index (χ0) is 29.5. The first kappa shape index (κ1) is 29.6. The van der Waals surface area contributed by atoms with E-state index in [0.717, 1.165) is 60.1 Å². The van der Waals surface area contributed by atoms with Crippen molar-refractivity contribution in [2.24, 2.45) is 0 Å². The van der Waals surface area contributed by atoms with E-state index in [9.17, 15) is 4.79 Å². The number of morpholine rings is 1. The zero-order valence-electron chi connectivity index (χ0n) is 24.3. The van der Waals surface area contributed by atoms with Crippen molar-refractivity contribution in [3.8, 4) is 11.5 Å². The smallest absolute Gasteiger partial charge is 0.324 e. The number of rotatable bonds is 10. The van der Waals surface area contributed by atoms with Gasteiger partial charge in [-0.05, 0) is 30.7 Å². The number of hydrogen-bond donors (Lipinski definition) is 2. The van der Waals surface area contributed by atoms with Gasteiger partial charge in [0.2, 0.25) is 0 Å². The molecule has 5 rings (SSSR count). The van der Waals surface area contributed by atoms with E-state index in [2.05, 4.69) is 30.7 Å². The first-order valence-electron chi connectivity index (χ1n) is 13.9. The van der Waals surface area contributed by atoms with Crippen LogP contribution >= 0.6 is 11.8 Å². The predicted molar refractivity (Wildman–Crippen MR) is 162 cm³/mol. The number of carbonyl (C=O) groups excluding carboxylic acids is 1. The highest BCUT2D eigenvalue weighted by atomic mass is 32.2. The Morgan fingerprint density at radius 1 is 1.07 bits per heavy atom. The summed E-state index contributed by atoms with van der Waals surface area (Å²) in [6, 6.07) is 12.7. The Labute approximate surface area is 249 Å². The third-order valence-electron chi connectivity index (χ3n) is 6.66. The van der Waals surface area contributed by atoms with E-state index in [4.69, 9.17) is 18.7 Å². The number of hydrogen-bond acceptors (Lipinski definition) is 10. The maximum Gasteiger partial charge on any atom is 0.324 e. The minimum atomic E-state index is -0.416. The van der Waals surface area contributed by atoms with Crippen LogP contribution in [0.3, 0.4) is 0 Å². The number of benzene rings is 2. The number of anilines is 2. The Kier molecular flexibility index (Phi) is 9.45.